The molecule has 1 saturated heterocycles. The number of amides is 1. The molecule has 2 aromatic heterocycles. The summed E-state index contributed by atoms with van der Waals surface area (Å²) >= 11 is 0. The summed E-state index contributed by atoms with van der Waals surface area (Å²) in [5, 5.41) is 11.2. The number of carbonyl (C=O) groups is 2. The van der Waals surface area contributed by atoms with Crippen LogP contribution in [0.2, 0.25) is 0 Å². The van der Waals surface area contributed by atoms with E-state index in [1.807, 2.05) is 19.9 Å². The van der Waals surface area contributed by atoms with E-state index in [0.29, 0.717) is 17.7 Å². The Labute approximate surface area is 192 Å². The maximum atomic E-state index is 13.1. The summed E-state index contributed by atoms with van der Waals surface area (Å²) in [5.74, 6) is -0.880. The number of ether oxygens (including phenoxy) is 1. The number of aliphatic hydroxyl groups excluding tert-OH is 1. The van der Waals surface area contributed by atoms with Crippen LogP contribution in [-0.4, -0.2) is 38.3 Å². The Morgan fingerprint density at radius 1 is 1.09 bits per heavy atom. The van der Waals surface area contributed by atoms with E-state index in [2.05, 4.69) is 9.97 Å². The van der Waals surface area contributed by atoms with E-state index in [0.717, 1.165) is 23.3 Å². The minimum Gasteiger partial charge on any atom is -0.507 e. The molecule has 0 aliphatic carbocycles. The van der Waals surface area contributed by atoms with Gasteiger partial charge in [0, 0.05) is 36.9 Å². The minimum atomic E-state index is -0.746. The van der Waals surface area contributed by atoms with Gasteiger partial charge >= 0.3 is 0 Å². The number of hydrogen-bond donors (Lipinski definition) is 1. The summed E-state index contributed by atoms with van der Waals surface area (Å²) in [6, 6.07) is 11.6. The quantitative estimate of drug-likeness (QED) is 0.334. The molecule has 33 heavy (non-hydrogen) atoms. The van der Waals surface area contributed by atoms with Crippen LogP contribution in [0.5, 0.6) is 5.75 Å². The molecular formula is C26H25N3O4. The molecule has 1 aliphatic rings. The van der Waals surface area contributed by atoms with Crippen molar-refractivity contribution in [3.05, 3.63) is 95.1 Å². The van der Waals surface area contributed by atoms with Crippen molar-refractivity contribution in [2.24, 2.45) is 0 Å². The molecule has 0 saturated carbocycles. The van der Waals surface area contributed by atoms with Crippen LogP contribution in [0.1, 0.15) is 41.6 Å². The highest BCUT2D eigenvalue weighted by molar-refractivity contribution is 6.46. The number of rotatable bonds is 7. The zero-order valence-corrected chi connectivity index (χ0v) is 18.6. The van der Waals surface area contributed by atoms with Gasteiger partial charge in [-0.15, -0.1) is 0 Å². The van der Waals surface area contributed by atoms with Gasteiger partial charge in [-0.25, -0.2) is 0 Å². The molecule has 3 heterocycles. The van der Waals surface area contributed by atoms with E-state index >= 15 is 0 Å². The number of pyridine rings is 2. The van der Waals surface area contributed by atoms with E-state index in [4.69, 9.17) is 4.74 Å². The third-order valence-electron chi connectivity index (χ3n) is 5.55. The number of likely N-dealkylation sites (tertiary alicyclic amines) is 1. The third-order valence-corrected chi connectivity index (χ3v) is 5.55. The van der Waals surface area contributed by atoms with Crippen molar-refractivity contribution in [3.8, 4) is 5.75 Å². The minimum absolute atomic E-state index is 0.0525. The summed E-state index contributed by atoms with van der Waals surface area (Å²) in [6.45, 7) is 4.68. The van der Waals surface area contributed by atoms with Crippen LogP contribution in [-0.2, 0) is 16.1 Å². The number of benzene rings is 1. The van der Waals surface area contributed by atoms with Crippen LogP contribution < -0.4 is 4.74 Å². The van der Waals surface area contributed by atoms with E-state index in [9.17, 15) is 14.7 Å². The van der Waals surface area contributed by atoms with Crippen LogP contribution in [0.25, 0.3) is 5.76 Å². The second-order valence-electron chi connectivity index (χ2n) is 7.90. The Kier molecular flexibility index (Phi) is 6.49. The molecule has 4 rings (SSSR count). The van der Waals surface area contributed by atoms with Crippen molar-refractivity contribution in [3.63, 3.8) is 0 Å². The van der Waals surface area contributed by atoms with E-state index in [-0.39, 0.29) is 17.9 Å². The second kappa shape index (κ2) is 9.65. The summed E-state index contributed by atoms with van der Waals surface area (Å²) in [7, 11) is 0. The molecule has 1 fully saturated rings. The molecule has 0 bridgehead atoms. The van der Waals surface area contributed by atoms with Gasteiger partial charge in [-0.3, -0.25) is 19.6 Å². The fourth-order valence-electron chi connectivity index (χ4n) is 3.95. The number of hydrogen-bond acceptors (Lipinski definition) is 6. The smallest absolute Gasteiger partial charge is 0.295 e. The van der Waals surface area contributed by atoms with Crippen LogP contribution in [0.15, 0.2) is 72.8 Å². The molecule has 7 heteroatoms. The average Bonchev–Trinajstić information content (AvgIpc) is 3.09. The molecule has 1 atom stereocenters. The van der Waals surface area contributed by atoms with Gasteiger partial charge in [0.25, 0.3) is 11.7 Å². The van der Waals surface area contributed by atoms with E-state index in [1.54, 1.807) is 61.2 Å². The summed E-state index contributed by atoms with van der Waals surface area (Å²) in [6.07, 6.45) is 7.38. The number of ketones is 1. The normalized spacial score (nSPS) is 17.4. The predicted octanol–water partition coefficient (Wildman–Crippen LogP) is 4.20. The lowest BCUT2D eigenvalue weighted by Crippen LogP contribution is -2.29. The number of nitrogens with zero attached hydrogens (tertiary/aromatic N) is 3. The Hall–Kier alpha value is -4.00. The molecule has 1 N–H and O–H groups in total. The molecule has 168 valence electrons. The van der Waals surface area contributed by atoms with Gasteiger partial charge in [0.15, 0.2) is 0 Å². The lowest BCUT2D eigenvalue weighted by molar-refractivity contribution is -0.140. The average molecular weight is 444 g/mol. The summed E-state index contributed by atoms with van der Waals surface area (Å²) in [5.41, 5.74) is 2.81. The Morgan fingerprint density at radius 2 is 1.88 bits per heavy atom. The first-order valence-corrected chi connectivity index (χ1v) is 10.8. The monoisotopic (exact) mass is 443 g/mol. The lowest BCUT2D eigenvalue weighted by Gasteiger charge is -2.25. The first-order chi connectivity index (χ1) is 16.0. The van der Waals surface area contributed by atoms with E-state index in [1.165, 1.54) is 4.90 Å². The molecule has 0 spiro atoms. The number of Topliss-reactive ketones (excluding diaryl/α,β-unsaturated/α-hetero) is 1. The molecular weight excluding hydrogens is 418 g/mol. The van der Waals surface area contributed by atoms with Crippen molar-refractivity contribution in [1.29, 1.82) is 0 Å². The topological polar surface area (TPSA) is 92.6 Å². The SMILES string of the molecule is CCCOc1ccc(/C(O)=C2/C(=O)C(=O)N(Cc3cccnc3)C2c2ccncc2)cc1C. The Bertz CT molecular complexity index is 1190. The number of carbonyl (C=O) groups excluding carboxylic acids is 2. The van der Waals surface area contributed by atoms with Crippen LogP contribution in [0.4, 0.5) is 0 Å². The summed E-state index contributed by atoms with van der Waals surface area (Å²) in [4.78, 5) is 35.8. The highest BCUT2D eigenvalue weighted by Crippen LogP contribution is 2.40. The van der Waals surface area contributed by atoms with Crippen molar-refractivity contribution in [1.82, 2.24) is 14.9 Å². The lowest BCUT2D eigenvalue weighted by atomic mass is 9.95. The van der Waals surface area contributed by atoms with Crippen molar-refractivity contribution in [2.75, 3.05) is 6.61 Å². The zero-order valence-electron chi connectivity index (χ0n) is 18.6. The largest absolute Gasteiger partial charge is 0.507 e. The first kappa shape index (κ1) is 22.2. The van der Waals surface area contributed by atoms with Crippen molar-refractivity contribution < 1.29 is 19.4 Å². The fraction of sp³-hybridized carbons (Fsp3) is 0.231. The van der Waals surface area contributed by atoms with Gasteiger partial charge in [0.05, 0.1) is 18.2 Å². The third kappa shape index (κ3) is 4.48. The Balaban J connectivity index is 1.79. The maximum absolute atomic E-state index is 13.1. The standard InChI is InChI=1S/C26H25N3O4/c1-3-13-33-21-7-6-20(14-17(21)2)24(30)22-23(19-8-11-27-12-9-19)29(26(32)25(22)31)16-18-5-4-10-28-15-18/h4-12,14-15,23,30H,3,13,16H2,1-2H3/b24-22-. The number of aryl methyl sites for hydroxylation is 1. The molecule has 7 nitrogen and oxygen atoms in total. The van der Waals surface area contributed by atoms with Gasteiger partial charge < -0.3 is 14.7 Å². The highest BCUT2D eigenvalue weighted by atomic mass is 16.5. The maximum Gasteiger partial charge on any atom is 0.295 e. The van der Waals surface area contributed by atoms with Crippen LogP contribution in [0.3, 0.4) is 0 Å². The van der Waals surface area contributed by atoms with Gasteiger partial charge in [-0.05, 0) is 66.4 Å². The fourth-order valence-corrected chi connectivity index (χ4v) is 3.95. The molecule has 0 radical (unpaired) electrons. The molecule has 1 aliphatic heterocycles. The molecule has 1 amide bonds. The Morgan fingerprint density at radius 3 is 2.55 bits per heavy atom. The van der Waals surface area contributed by atoms with Gasteiger partial charge in [0.2, 0.25) is 0 Å². The summed E-state index contributed by atoms with van der Waals surface area (Å²) < 4.78 is 5.72. The number of aliphatic hydroxyl groups is 1. The second-order valence-corrected chi connectivity index (χ2v) is 7.90. The molecule has 1 aromatic carbocycles. The van der Waals surface area contributed by atoms with E-state index < -0.39 is 17.7 Å². The van der Waals surface area contributed by atoms with Crippen LogP contribution in [0, 0.1) is 6.92 Å². The van der Waals surface area contributed by atoms with Gasteiger partial charge in [-0.2, -0.15) is 0 Å². The zero-order chi connectivity index (χ0) is 23.4. The van der Waals surface area contributed by atoms with Crippen molar-refractivity contribution >= 4 is 17.4 Å². The van der Waals surface area contributed by atoms with Crippen molar-refractivity contribution in [2.45, 2.75) is 32.9 Å². The predicted molar refractivity (Wildman–Crippen MR) is 123 cm³/mol. The number of aromatic nitrogens is 2. The molecule has 3 aromatic rings. The van der Waals surface area contributed by atoms with Gasteiger partial charge in [-0.1, -0.05) is 13.0 Å². The highest BCUT2D eigenvalue weighted by Gasteiger charge is 2.46. The van der Waals surface area contributed by atoms with Crippen LogP contribution >= 0.6 is 0 Å². The first-order valence-electron chi connectivity index (χ1n) is 10.8. The van der Waals surface area contributed by atoms with Gasteiger partial charge in [0.1, 0.15) is 11.5 Å². The molecule has 1 unspecified atom stereocenters.